The first-order chi connectivity index (χ1) is 15.1. The molecule has 3 atom stereocenters. The van der Waals surface area contributed by atoms with Gasteiger partial charge in [0.2, 0.25) is 5.91 Å². The lowest BCUT2D eigenvalue weighted by Crippen LogP contribution is -2.33. The average Bonchev–Trinajstić information content (AvgIpc) is 3.45. The van der Waals surface area contributed by atoms with E-state index in [1.165, 1.54) is 11.8 Å². The van der Waals surface area contributed by atoms with E-state index < -0.39 is 0 Å². The lowest BCUT2D eigenvalue weighted by Gasteiger charge is -2.19. The van der Waals surface area contributed by atoms with Gasteiger partial charge in [-0.1, -0.05) is 72.4 Å². The van der Waals surface area contributed by atoms with Crippen LogP contribution in [0.2, 0.25) is 0 Å². The van der Waals surface area contributed by atoms with Crippen LogP contribution in [0, 0.1) is 0 Å². The van der Waals surface area contributed by atoms with Crippen molar-refractivity contribution in [2.45, 2.75) is 55.8 Å². The van der Waals surface area contributed by atoms with Gasteiger partial charge in [0.1, 0.15) is 0 Å². The molecule has 0 saturated carbocycles. The van der Waals surface area contributed by atoms with Crippen LogP contribution in [-0.2, 0) is 16.1 Å². The molecule has 0 bridgehead atoms. The minimum Gasteiger partial charge on any atom is -0.376 e. The first-order valence-corrected chi connectivity index (χ1v) is 11.7. The van der Waals surface area contributed by atoms with Crippen molar-refractivity contribution in [2.75, 3.05) is 6.61 Å². The van der Waals surface area contributed by atoms with Gasteiger partial charge in [-0.05, 0) is 37.8 Å². The molecule has 6 heteroatoms. The van der Waals surface area contributed by atoms with E-state index in [-0.39, 0.29) is 23.3 Å². The molecule has 1 aliphatic heterocycles. The lowest BCUT2D eigenvalue weighted by molar-refractivity contribution is -0.120. The monoisotopic (exact) mass is 435 g/mol. The highest BCUT2D eigenvalue weighted by molar-refractivity contribution is 8.00. The molecular formula is C25H29N3O2S. The molecule has 1 N–H and O–H groups in total. The minimum atomic E-state index is -0.263. The number of ether oxygens (including phenoxy) is 1. The third kappa shape index (κ3) is 5.38. The van der Waals surface area contributed by atoms with Crippen molar-refractivity contribution in [1.82, 2.24) is 14.9 Å². The maximum atomic E-state index is 12.9. The number of rotatable bonds is 8. The van der Waals surface area contributed by atoms with Crippen molar-refractivity contribution in [2.24, 2.45) is 0 Å². The van der Waals surface area contributed by atoms with Crippen LogP contribution in [-0.4, -0.2) is 33.4 Å². The summed E-state index contributed by atoms with van der Waals surface area (Å²) >= 11 is 1.50. The SMILES string of the molecule is CC(Sc1ncc(-c2ccccc2)n1CC1CCCO1)C(=O)NC(C)c1ccccc1. The van der Waals surface area contributed by atoms with E-state index in [4.69, 9.17) is 4.74 Å². The molecule has 1 fully saturated rings. The molecule has 1 aromatic heterocycles. The maximum Gasteiger partial charge on any atom is 0.233 e. The zero-order valence-electron chi connectivity index (χ0n) is 18.0. The Kier molecular flexibility index (Phi) is 7.10. The summed E-state index contributed by atoms with van der Waals surface area (Å²) in [6.07, 6.45) is 4.25. The van der Waals surface area contributed by atoms with Crippen molar-refractivity contribution >= 4 is 17.7 Å². The van der Waals surface area contributed by atoms with Crippen molar-refractivity contribution in [3.8, 4) is 11.3 Å². The van der Waals surface area contributed by atoms with Crippen LogP contribution in [0.1, 0.15) is 38.3 Å². The molecule has 2 heterocycles. The predicted molar refractivity (Wildman–Crippen MR) is 125 cm³/mol. The van der Waals surface area contributed by atoms with E-state index in [1.807, 2.05) is 68.6 Å². The zero-order chi connectivity index (χ0) is 21.6. The van der Waals surface area contributed by atoms with Crippen molar-refractivity contribution in [3.05, 3.63) is 72.4 Å². The van der Waals surface area contributed by atoms with E-state index in [9.17, 15) is 4.79 Å². The molecule has 2 aromatic carbocycles. The number of nitrogens with one attached hydrogen (secondary N) is 1. The van der Waals surface area contributed by atoms with Crippen molar-refractivity contribution in [1.29, 1.82) is 0 Å². The Morgan fingerprint density at radius 1 is 1.16 bits per heavy atom. The first-order valence-electron chi connectivity index (χ1n) is 10.9. The fourth-order valence-electron chi connectivity index (χ4n) is 3.83. The highest BCUT2D eigenvalue weighted by Gasteiger charge is 2.24. The van der Waals surface area contributed by atoms with Crippen LogP contribution in [0.5, 0.6) is 0 Å². The summed E-state index contributed by atoms with van der Waals surface area (Å²) in [6, 6.07) is 20.3. The van der Waals surface area contributed by atoms with E-state index in [2.05, 4.69) is 27.0 Å². The molecule has 1 aliphatic rings. The summed E-state index contributed by atoms with van der Waals surface area (Å²) in [4.78, 5) is 17.6. The third-order valence-electron chi connectivity index (χ3n) is 5.61. The topological polar surface area (TPSA) is 56.2 Å². The number of imidazole rings is 1. The van der Waals surface area contributed by atoms with Gasteiger partial charge < -0.3 is 14.6 Å². The van der Waals surface area contributed by atoms with Gasteiger partial charge in [-0.3, -0.25) is 4.79 Å². The summed E-state index contributed by atoms with van der Waals surface area (Å²) in [5.41, 5.74) is 3.28. The van der Waals surface area contributed by atoms with Gasteiger partial charge in [0.15, 0.2) is 5.16 Å². The molecule has 4 rings (SSSR count). The largest absolute Gasteiger partial charge is 0.376 e. The van der Waals surface area contributed by atoms with Crippen LogP contribution in [0.15, 0.2) is 72.0 Å². The van der Waals surface area contributed by atoms with Gasteiger partial charge in [0.05, 0.1) is 35.8 Å². The Balaban J connectivity index is 1.50. The predicted octanol–water partition coefficient (Wildman–Crippen LogP) is 5.09. The standard InChI is InChI=1S/C25H29N3O2S/c1-18(20-10-5-3-6-11-20)27-24(29)19(2)31-25-26-16-23(21-12-7-4-8-13-21)28(25)17-22-14-9-15-30-22/h3-8,10-13,16,18-19,22H,9,14-15,17H2,1-2H3,(H,27,29). The fraction of sp³-hybridized carbons (Fsp3) is 0.360. The third-order valence-corrected chi connectivity index (χ3v) is 6.71. The molecule has 0 radical (unpaired) electrons. The van der Waals surface area contributed by atoms with Gasteiger partial charge in [0, 0.05) is 6.61 Å². The second kappa shape index (κ2) is 10.2. The average molecular weight is 436 g/mol. The number of hydrogen-bond acceptors (Lipinski definition) is 4. The Labute approximate surface area is 188 Å². The van der Waals surface area contributed by atoms with Gasteiger partial charge in [-0.15, -0.1) is 0 Å². The summed E-state index contributed by atoms with van der Waals surface area (Å²) in [6.45, 7) is 5.52. The molecule has 0 spiro atoms. The Morgan fingerprint density at radius 2 is 1.87 bits per heavy atom. The highest BCUT2D eigenvalue weighted by atomic mass is 32.2. The first kappa shape index (κ1) is 21.7. The molecular weight excluding hydrogens is 406 g/mol. The molecule has 3 unspecified atom stereocenters. The molecule has 5 nitrogen and oxygen atoms in total. The van der Waals surface area contributed by atoms with Gasteiger partial charge >= 0.3 is 0 Å². The molecule has 1 amide bonds. The molecule has 31 heavy (non-hydrogen) atoms. The Bertz CT molecular complexity index is 985. The van der Waals surface area contributed by atoms with Crippen LogP contribution < -0.4 is 5.32 Å². The summed E-state index contributed by atoms with van der Waals surface area (Å²) in [7, 11) is 0. The van der Waals surface area contributed by atoms with Crippen molar-refractivity contribution < 1.29 is 9.53 Å². The number of nitrogens with zero attached hydrogens (tertiary/aromatic N) is 2. The Morgan fingerprint density at radius 3 is 2.55 bits per heavy atom. The van der Waals surface area contributed by atoms with E-state index in [0.717, 1.165) is 48.0 Å². The molecule has 1 saturated heterocycles. The second-order valence-corrected chi connectivity index (χ2v) is 9.25. The maximum absolute atomic E-state index is 12.9. The summed E-state index contributed by atoms with van der Waals surface area (Å²) in [5.74, 6) is 0.00859. The van der Waals surface area contributed by atoms with Crippen molar-refractivity contribution in [3.63, 3.8) is 0 Å². The van der Waals surface area contributed by atoms with Crippen LogP contribution in [0.4, 0.5) is 0 Å². The van der Waals surface area contributed by atoms with E-state index in [1.54, 1.807) is 0 Å². The second-order valence-electron chi connectivity index (χ2n) is 7.94. The van der Waals surface area contributed by atoms with Crippen LogP contribution >= 0.6 is 11.8 Å². The van der Waals surface area contributed by atoms with Crippen LogP contribution in [0.25, 0.3) is 11.3 Å². The number of carbonyl (C=O) groups is 1. The summed E-state index contributed by atoms with van der Waals surface area (Å²) in [5, 5.41) is 3.71. The quantitative estimate of drug-likeness (QED) is 0.501. The Hall–Kier alpha value is -2.57. The van der Waals surface area contributed by atoms with E-state index >= 15 is 0 Å². The lowest BCUT2D eigenvalue weighted by atomic mass is 10.1. The molecule has 0 aliphatic carbocycles. The molecule has 3 aromatic rings. The smallest absolute Gasteiger partial charge is 0.233 e. The number of benzene rings is 2. The van der Waals surface area contributed by atoms with Crippen LogP contribution in [0.3, 0.4) is 0 Å². The normalized spacial score (nSPS) is 17.9. The molecule has 162 valence electrons. The van der Waals surface area contributed by atoms with Gasteiger partial charge in [-0.2, -0.15) is 0 Å². The minimum absolute atomic E-state index is 0.00859. The highest BCUT2D eigenvalue weighted by Crippen LogP contribution is 2.30. The van der Waals surface area contributed by atoms with E-state index in [0.29, 0.717) is 0 Å². The fourth-order valence-corrected chi connectivity index (χ4v) is 4.73. The van der Waals surface area contributed by atoms with Gasteiger partial charge in [0.25, 0.3) is 0 Å². The number of carbonyl (C=O) groups excluding carboxylic acids is 1. The number of hydrogen-bond donors (Lipinski definition) is 1. The number of amides is 1. The summed E-state index contributed by atoms with van der Waals surface area (Å²) < 4.78 is 8.10. The van der Waals surface area contributed by atoms with Gasteiger partial charge in [-0.25, -0.2) is 4.98 Å². The number of aromatic nitrogens is 2. The number of thioether (sulfide) groups is 1. The zero-order valence-corrected chi connectivity index (χ0v) is 18.8.